The van der Waals surface area contributed by atoms with Gasteiger partial charge in [-0.15, -0.1) is 13.2 Å². The summed E-state index contributed by atoms with van der Waals surface area (Å²) in [5.41, 5.74) is 0. The highest BCUT2D eigenvalue weighted by atomic mass is 19.4. The Labute approximate surface area is 94.0 Å². The summed E-state index contributed by atoms with van der Waals surface area (Å²) >= 11 is 0. The van der Waals surface area contributed by atoms with Crippen molar-refractivity contribution in [3.05, 3.63) is 12.7 Å². The van der Waals surface area contributed by atoms with Gasteiger partial charge in [-0.05, 0) is 0 Å². The standard InChI is InChI=1S/C8H10F3NO5/c1-2-3-16-7(15)12-5(6(13)14)4-17-8(9,10)11/h2,5H,1,3-4H2,(H,12,15)(H,13,14)/t5-/m0/s1. The van der Waals surface area contributed by atoms with Crippen LogP contribution >= 0.6 is 0 Å². The molecule has 0 saturated carbocycles. The third kappa shape index (κ3) is 8.08. The van der Waals surface area contributed by atoms with Gasteiger partial charge in [-0.1, -0.05) is 12.7 Å². The number of hydrogen-bond acceptors (Lipinski definition) is 4. The Morgan fingerprint density at radius 3 is 2.47 bits per heavy atom. The molecular formula is C8H10F3NO5. The van der Waals surface area contributed by atoms with Crippen molar-refractivity contribution in [1.82, 2.24) is 5.32 Å². The first kappa shape index (κ1) is 15.2. The van der Waals surface area contributed by atoms with Crippen molar-refractivity contribution in [1.29, 1.82) is 0 Å². The number of carboxylic acids is 1. The van der Waals surface area contributed by atoms with Crippen molar-refractivity contribution in [2.75, 3.05) is 13.2 Å². The zero-order valence-corrected chi connectivity index (χ0v) is 8.49. The molecule has 6 nitrogen and oxygen atoms in total. The molecule has 2 N–H and O–H groups in total. The zero-order valence-electron chi connectivity index (χ0n) is 8.49. The number of ether oxygens (including phenoxy) is 2. The minimum atomic E-state index is -4.97. The molecule has 0 heterocycles. The molecule has 0 radical (unpaired) electrons. The fourth-order valence-corrected chi connectivity index (χ4v) is 0.671. The van der Waals surface area contributed by atoms with E-state index in [0.29, 0.717) is 0 Å². The topological polar surface area (TPSA) is 84.9 Å². The van der Waals surface area contributed by atoms with E-state index in [2.05, 4.69) is 16.1 Å². The normalized spacial score (nSPS) is 12.6. The van der Waals surface area contributed by atoms with E-state index in [1.807, 2.05) is 0 Å². The molecule has 0 aromatic heterocycles. The van der Waals surface area contributed by atoms with E-state index in [4.69, 9.17) is 5.11 Å². The lowest BCUT2D eigenvalue weighted by molar-refractivity contribution is -0.325. The first-order valence-corrected chi connectivity index (χ1v) is 4.24. The number of rotatable bonds is 6. The highest BCUT2D eigenvalue weighted by Gasteiger charge is 2.32. The van der Waals surface area contributed by atoms with Crippen molar-refractivity contribution in [2.24, 2.45) is 0 Å². The van der Waals surface area contributed by atoms with Gasteiger partial charge in [0.25, 0.3) is 0 Å². The molecule has 0 spiro atoms. The third-order valence-corrected chi connectivity index (χ3v) is 1.34. The van der Waals surface area contributed by atoms with Gasteiger partial charge in [0.15, 0.2) is 6.04 Å². The molecule has 0 aliphatic carbocycles. The molecule has 17 heavy (non-hydrogen) atoms. The Hall–Kier alpha value is -1.77. The van der Waals surface area contributed by atoms with Gasteiger partial charge in [-0.3, -0.25) is 4.74 Å². The number of carbonyl (C=O) groups is 2. The van der Waals surface area contributed by atoms with Crippen molar-refractivity contribution < 1.29 is 37.3 Å². The van der Waals surface area contributed by atoms with Gasteiger partial charge in [0.2, 0.25) is 0 Å². The summed E-state index contributed by atoms with van der Waals surface area (Å²) in [6.07, 6.45) is -4.94. The fraction of sp³-hybridized carbons (Fsp3) is 0.500. The van der Waals surface area contributed by atoms with Crippen LogP contribution in [0, 0.1) is 0 Å². The molecule has 1 amide bonds. The second-order valence-electron chi connectivity index (χ2n) is 2.68. The van der Waals surface area contributed by atoms with Crippen molar-refractivity contribution >= 4 is 12.1 Å². The van der Waals surface area contributed by atoms with Gasteiger partial charge in [-0.2, -0.15) is 0 Å². The molecule has 0 aromatic carbocycles. The van der Waals surface area contributed by atoms with E-state index in [-0.39, 0.29) is 6.61 Å². The zero-order chi connectivity index (χ0) is 13.5. The third-order valence-electron chi connectivity index (χ3n) is 1.34. The molecule has 9 heteroatoms. The van der Waals surface area contributed by atoms with Crippen LogP contribution in [0.2, 0.25) is 0 Å². The highest BCUT2D eigenvalue weighted by molar-refractivity contribution is 5.80. The van der Waals surface area contributed by atoms with Crippen LogP contribution in [-0.2, 0) is 14.3 Å². The summed E-state index contributed by atoms with van der Waals surface area (Å²) in [5.74, 6) is -1.68. The molecule has 0 rings (SSSR count). The van der Waals surface area contributed by atoms with E-state index in [1.165, 1.54) is 6.08 Å². The van der Waals surface area contributed by atoms with E-state index in [9.17, 15) is 22.8 Å². The summed E-state index contributed by atoms with van der Waals surface area (Å²) in [5, 5.41) is 10.2. The maximum absolute atomic E-state index is 11.6. The van der Waals surface area contributed by atoms with Crippen molar-refractivity contribution in [3.63, 3.8) is 0 Å². The fourth-order valence-electron chi connectivity index (χ4n) is 0.671. The Morgan fingerprint density at radius 1 is 1.47 bits per heavy atom. The number of hydrogen-bond donors (Lipinski definition) is 2. The number of halogens is 3. The average molecular weight is 257 g/mol. The van der Waals surface area contributed by atoms with Gasteiger partial charge in [-0.25, -0.2) is 9.59 Å². The number of carboxylic acid groups (broad SMARTS) is 1. The summed E-state index contributed by atoms with van der Waals surface area (Å²) in [4.78, 5) is 21.3. The van der Waals surface area contributed by atoms with Crippen LogP contribution in [-0.4, -0.2) is 42.8 Å². The van der Waals surface area contributed by atoms with E-state index >= 15 is 0 Å². The van der Waals surface area contributed by atoms with Crippen molar-refractivity contribution in [3.8, 4) is 0 Å². The van der Waals surface area contributed by atoms with E-state index in [1.54, 1.807) is 5.32 Å². The van der Waals surface area contributed by atoms with E-state index in [0.717, 1.165) is 0 Å². The predicted molar refractivity (Wildman–Crippen MR) is 48.1 cm³/mol. The van der Waals surface area contributed by atoms with Crippen LogP contribution in [0.3, 0.4) is 0 Å². The summed E-state index contributed by atoms with van der Waals surface area (Å²) < 4.78 is 42.6. The lowest BCUT2D eigenvalue weighted by Crippen LogP contribution is -2.45. The number of carbonyl (C=O) groups excluding carboxylic acids is 1. The van der Waals surface area contributed by atoms with Crippen LogP contribution in [0.5, 0.6) is 0 Å². The minimum Gasteiger partial charge on any atom is -0.480 e. The molecular weight excluding hydrogens is 247 g/mol. The van der Waals surface area contributed by atoms with Gasteiger partial charge in [0.05, 0.1) is 6.61 Å². The largest absolute Gasteiger partial charge is 0.522 e. The Bertz CT molecular complexity index is 291. The second kappa shape index (κ2) is 6.74. The summed E-state index contributed by atoms with van der Waals surface area (Å²) in [6, 6.07) is -1.85. The number of amides is 1. The Kier molecular flexibility index (Phi) is 6.03. The van der Waals surface area contributed by atoms with Crippen molar-refractivity contribution in [2.45, 2.75) is 12.4 Å². The maximum atomic E-state index is 11.6. The maximum Gasteiger partial charge on any atom is 0.522 e. The summed E-state index contributed by atoms with van der Waals surface area (Å²) in [6.45, 7) is 1.78. The average Bonchev–Trinajstić information content (AvgIpc) is 2.19. The first-order chi connectivity index (χ1) is 7.76. The number of alkyl carbamates (subject to hydrolysis) is 1. The highest BCUT2D eigenvalue weighted by Crippen LogP contribution is 2.16. The number of alkyl halides is 3. The SMILES string of the molecule is C=CCOC(=O)N[C@@H](COC(F)(F)F)C(=O)O. The number of aliphatic carboxylic acids is 1. The molecule has 0 bridgehead atoms. The molecule has 0 aliphatic rings. The van der Waals surface area contributed by atoms with Crippen LogP contribution in [0.15, 0.2) is 12.7 Å². The van der Waals surface area contributed by atoms with Crippen LogP contribution < -0.4 is 5.32 Å². The minimum absolute atomic E-state index is 0.196. The summed E-state index contributed by atoms with van der Waals surface area (Å²) in [7, 11) is 0. The second-order valence-corrected chi connectivity index (χ2v) is 2.68. The quantitative estimate of drug-likeness (QED) is 0.690. The van der Waals surface area contributed by atoms with E-state index < -0.39 is 31.1 Å². The molecule has 1 atom stereocenters. The molecule has 0 aliphatic heterocycles. The van der Waals surface area contributed by atoms with Crippen LogP contribution in [0.1, 0.15) is 0 Å². The van der Waals surface area contributed by atoms with Gasteiger partial charge < -0.3 is 15.2 Å². The predicted octanol–water partition coefficient (Wildman–Crippen LogP) is 0.888. The molecule has 98 valence electrons. The molecule has 0 saturated heterocycles. The molecule has 0 fully saturated rings. The Morgan fingerprint density at radius 2 is 2.06 bits per heavy atom. The molecule has 0 aromatic rings. The van der Waals surface area contributed by atoms with Crippen LogP contribution in [0.25, 0.3) is 0 Å². The Balaban J connectivity index is 4.20. The molecule has 0 unspecified atom stereocenters. The van der Waals surface area contributed by atoms with Gasteiger partial charge >= 0.3 is 18.4 Å². The lowest BCUT2D eigenvalue weighted by atomic mass is 10.3. The smallest absolute Gasteiger partial charge is 0.480 e. The number of nitrogens with one attached hydrogen (secondary N) is 1. The van der Waals surface area contributed by atoms with Crippen LogP contribution in [0.4, 0.5) is 18.0 Å². The first-order valence-electron chi connectivity index (χ1n) is 4.24. The monoisotopic (exact) mass is 257 g/mol. The lowest BCUT2D eigenvalue weighted by Gasteiger charge is -2.15. The van der Waals surface area contributed by atoms with Gasteiger partial charge in [0, 0.05) is 0 Å². The van der Waals surface area contributed by atoms with Gasteiger partial charge in [0.1, 0.15) is 6.61 Å².